The number of pyridine rings is 1. The second kappa shape index (κ2) is 6.48. The van der Waals surface area contributed by atoms with E-state index in [-0.39, 0.29) is 17.9 Å². The molecule has 3 atom stereocenters. The lowest BCUT2D eigenvalue weighted by Gasteiger charge is -2.24. The van der Waals surface area contributed by atoms with E-state index in [1.54, 1.807) is 0 Å². The molecule has 2 aromatic heterocycles. The van der Waals surface area contributed by atoms with Gasteiger partial charge in [0.2, 0.25) is 5.91 Å². The standard InChI is InChI=1S/C22H21N3O3/c26-21(15-13-16(15)22(27)28)25-12-6-10-18(25)20-23-19(14-7-2-1-3-8-14)17-9-4-5-11-24(17)20/h1-5,7-9,11,15-16,18H,6,10,12-13H2,(H,27,28). The molecule has 1 saturated heterocycles. The summed E-state index contributed by atoms with van der Waals surface area (Å²) >= 11 is 0. The first-order valence-electron chi connectivity index (χ1n) is 9.71. The molecule has 1 aliphatic carbocycles. The van der Waals surface area contributed by atoms with Gasteiger partial charge in [-0.25, -0.2) is 4.98 Å². The van der Waals surface area contributed by atoms with Gasteiger partial charge in [-0.1, -0.05) is 36.4 Å². The number of nitrogens with zero attached hydrogens (tertiary/aromatic N) is 3. The Morgan fingerprint density at radius 1 is 1.04 bits per heavy atom. The molecule has 3 heterocycles. The zero-order chi connectivity index (χ0) is 19.3. The summed E-state index contributed by atoms with van der Waals surface area (Å²) in [6.07, 6.45) is 4.19. The molecule has 3 unspecified atom stereocenters. The molecule has 5 rings (SSSR count). The second-order valence-electron chi connectivity index (χ2n) is 7.62. The molecular weight excluding hydrogens is 354 g/mol. The zero-order valence-corrected chi connectivity index (χ0v) is 15.4. The number of carbonyl (C=O) groups excluding carboxylic acids is 1. The van der Waals surface area contributed by atoms with E-state index in [0.717, 1.165) is 35.4 Å². The Morgan fingerprint density at radius 3 is 2.57 bits per heavy atom. The van der Waals surface area contributed by atoms with Crippen LogP contribution in [0.5, 0.6) is 0 Å². The van der Waals surface area contributed by atoms with E-state index < -0.39 is 11.9 Å². The monoisotopic (exact) mass is 375 g/mol. The molecule has 3 aromatic rings. The second-order valence-corrected chi connectivity index (χ2v) is 7.62. The van der Waals surface area contributed by atoms with Crippen LogP contribution in [0.25, 0.3) is 16.8 Å². The number of amides is 1. The van der Waals surface area contributed by atoms with Gasteiger partial charge in [0.25, 0.3) is 0 Å². The van der Waals surface area contributed by atoms with Gasteiger partial charge in [0, 0.05) is 18.3 Å². The van der Waals surface area contributed by atoms with Gasteiger partial charge in [-0.2, -0.15) is 0 Å². The third-order valence-electron chi connectivity index (χ3n) is 5.88. The van der Waals surface area contributed by atoms with Crippen LogP contribution >= 0.6 is 0 Å². The highest BCUT2D eigenvalue weighted by atomic mass is 16.4. The molecule has 0 radical (unpaired) electrons. The molecule has 0 spiro atoms. The lowest BCUT2D eigenvalue weighted by Crippen LogP contribution is -2.33. The van der Waals surface area contributed by atoms with Crippen LogP contribution in [-0.4, -0.2) is 37.8 Å². The molecule has 1 aliphatic heterocycles. The van der Waals surface area contributed by atoms with Crippen molar-refractivity contribution in [1.29, 1.82) is 0 Å². The molecule has 1 N–H and O–H groups in total. The van der Waals surface area contributed by atoms with Crippen LogP contribution in [-0.2, 0) is 9.59 Å². The minimum Gasteiger partial charge on any atom is -0.481 e. The number of carbonyl (C=O) groups is 2. The molecule has 6 heteroatoms. The summed E-state index contributed by atoms with van der Waals surface area (Å²) in [7, 11) is 0. The van der Waals surface area contributed by atoms with Gasteiger partial charge >= 0.3 is 5.97 Å². The van der Waals surface area contributed by atoms with Gasteiger partial charge in [0.05, 0.1) is 29.1 Å². The van der Waals surface area contributed by atoms with Crippen molar-refractivity contribution in [3.63, 3.8) is 0 Å². The number of fused-ring (bicyclic) bond motifs is 1. The van der Waals surface area contributed by atoms with Gasteiger partial charge in [0.15, 0.2) is 0 Å². The largest absolute Gasteiger partial charge is 0.481 e. The minimum absolute atomic E-state index is 0.0381. The molecule has 2 aliphatic rings. The van der Waals surface area contributed by atoms with Crippen molar-refractivity contribution in [2.45, 2.75) is 25.3 Å². The molecule has 6 nitrogen and oxygen atoms in total. The Morgan fingerprint density at radius 2 is 1.82 bits per heavy atom. The summed E-state index contributed by atoms with van der Waals surface area (Å²) in [4.78, 5) is 30.9. The van der Waals surface area contributed by atoms with Crippen molar-refractivity contribution in [1.82, 2.24) is 14.3 Å². The molecule has 142 valence electrons. The van der Waals surface area contributed by atoms with Crippen LogP contribution in [0.15, 0.2) is 54.7 Å². The Balaban J connectivity index is 1.54. The Hall–Kier alpha value is -3.15. The van der Waals surface area contributed by atoms with Crippen LogP contribution in [0, 0.1) is 11.8 Å². The fourth-order valence-corrected chi connectivity index (χ4v) is 4.36. The van der Waals surface area contributed by atoms with Crippen molar-refractivity contribution < 1.29 is 14.7 Å². The van der Waals surface area contributed by atoms with Crippen LogP contribution < -0.4 is 0 Å². The first-order valence-corrected chi connectivity index (χ1v) is 9.71. The maximum Gasteiger partial charge on any atom is 0.307 e. The highest BCUT2D eigenvalue weighted by Gasteiger charge is 2.51. The molecule has 1 saturated carbocycles. The third kappa shape index (κ3) is 2.68. The number of hydrogen-bond donors (Lipinski definition) is 1. The fraction of sp³-hybridized carbons (Fsp3) is 0.318. The molecule has 2 fully saturated rings. The third-order valence-corrected chi connectivity index (χ3v) is 5.88. The number of rotatable bonds is 4. The summed E-state index contributed by atoms with van der Waals surface area (Å²) in [5.41, 5.74) is 2.96. The van der Waals surface area contributed by atoms with E-state index in [1.165, 1.54) is 0 Å². The average Bonchev–Trinajstić information content (AvgIpc) is 3.23. The van der Waals surface area contributed by atoms with Crippen molar-refractivity contribution in [3.05, 3.63) is 60.6 Å². The fourth-order valence-electron chi connectivity index (χ4n) is 4.36. The quantitative estimate of drug-likeness (QED) is 0.759. The van der Waals surface area contributed by atoms with Gasteiger partial charge in [-0.3, -0.25) is 9.59 Å². The van der Waals surface area contributed by atoms with Crippen molar-refractivity contribution >= 4 is 17.4 Å². The smallest absolute Gasteiger partial charge is 0.307 e. The van der Waals surface area contributed by atoms with Crippen LogP contribution in [0.3, 0.4) is 0 Å². The van der Waals surface area contributed by atoms with Crippen LogP contribution in [0.1, 0.15) is 31.1 Å². The molecular formula is C22H21N3O3. The number of aromatic nitrogens is 2. The van der Waals surface area contributed by atoms with Crippen molar-refractivity contribution in [2.24, 2.45) is 11.8 Å². The maximum absolute atomic E-state index is 12.9. The number of carboxylic acids is 1. The lowest BCUT2D eigenvalue weighted by atomic mass is 10.1. The molecule has 1 amide bonds. The van der Waals surface area contributed by atoms with Gasteiger partial charge in [-0.15, -0.1) is 0 Å². The lowest BCUT2D eigenvalue weighted by molar-refractivity contribution is -0.142. The average molecular weight is 375 g/mol. The summed E-state index contributed by atoms with van der Waals surface area (Å²) < 4.78 is 2.07. The SMILES string of the molecule is O=C(O)C1CC1C(=O)N1CCCC1c1nc(-c2ccccc2)c2ccccn12. The number of likely N-dealkylation sites (tertiary alicyclic amines) is 1. The molecule has 28 heavy (non-hydrogen) atoms. The minimum atomic E-state index is -0.869. The summed E-state index contributed by atoms with van der Waals surface area (Å²) in [6, 6.07) is 15.9. The van der Waals surface area contributed by atoms with E-state index in [9.17, 15) is 14.7 Å². The number of carboxylic acid groups (broad SMARTS) is 1. The van der Waals surface area contributed by atoms with Crippen molar-refractivity contribution in [3.8, 4) is 11.3 Å². The number of imidazole rings is 1. The summed E-state index contributed by atoms with van der Waals surface area (Å²) in [5, 5.41) is 9.18. The normalized spacial score (nSPS) is 23.9. The van der Waals surface area contributed by atoms with E-state index in [0.29, 0.717) is 13.0 Å². The van der Waals surface area contributed by atoms with Gasteiger partial charge in [0.1, 0.15) is 5.82 Å². The predicted octanol–water partition coefficient (Wildman–Crippen LogP) is 3.39. The Kier molecular flexibility index (Phi) is 3.93. The zero-order valence-electron chi connectivity index (χ0n) is 15.4. The molecule has 0 bridgehead atoms. The first kappa shape index (κ1) is 17.0. The first-order chi connectivity index (χ1) is 13.6. The van der Waals surface area contributed by atoms with Gasteiger partial charge in [-0.05, 0) is 31.4 Å². The van der Waals surface area contributed by atoms with Gasteiger partial charge < -0.3 is 14.4 Å². The highest BCUT2D eigenvalue weighted by Crippen LogP contribution is 2.44. The highest BCUT2D eigenvalue weighted by molar-refractivity contribution is 5.90. The molecule has 1 aromatic carbocycles. The van der Waals surface area contributed by atoms with Crippen LogP contribution in [0.4, 0.5) is 0 Å². The number of benzene rings is 1. The topological polar surface area (TPSA) is 74.9 Å². The van der Waals surface area contributed by atoms with E-state index in [4.69, 9.17) is 4.98 Å². The maximum atomic E-state index is 12.9. The van der Waals surface area contributed by atoms with E-state index in [1.807, 2.05) is 59.6 Å². The number of aliphatic carboxylic acids is 1. The Bertz CT molecular complexity index is 1060. The Labute approximate surface area is 162 Å². The van der Waals surface area contributed by atoms with Crippen molar-refractivity contribution in [2.75, 3.05) is 6.54 Å². The van der Waals surface area contributed by atoms with Crippen LogP contribution in [0.2, 0.25) is 0 Å². The van der Waals surface area contributed by atoms with E-state index in [2.05, 4.69) is 4.40 Å². The number of hydrogen-bond acceptors (Lipinski definition) is 3. The summed E-state index contributed by atoms with van der Waals surface area (Å²) in [5.74, 6) is -0.952. The summed E-state index contributed by atoms with van der Waals surface area (Å²) in [6.45, 7) is 0.661. The van der Waals surface area contributed by atoms with E-state index >= 15 is 0 Å². The predicted molar refractivity (Wildman–Crippen MR) is 104 cm³/mol.